The van der Waals surface area contributed by atoms with E-state index in [4.69, 9.17) is 16.1 Å². The molecular weight excluding hydrogens is 434 g/mol. The molecule has 0 saturated heterocycles. The molecule has 8 heteroatoms. The topological polar surface area (TPSA) is 76.3 Å². The molecule has 0 aliphatic heterocycles. The summed E-state index contributed by atoms with van der Waals surface area (Å²) in [5.74, 6) is 1.03. The highest BCUT2D eigenvalue weighted by Gasteiger charge is 2.34. The van der Waals surface area contributed by atoms with Crippen molar-refractivity contribution in [3.8, 4) is 11.4 Å². The van der Waals surface area contributed by atoms with Crippen molar-refractivity contribution in [2.24, 2.45) is 0 Å². The molecule has 6 nitrogen and oxygen atoms in total. The summed E-state index contributed by atoms with van der Waals surface area (Å²) in [6, 6.07) is 14.2. The molecule has 0 atom stereocenters. The number of hydrogen-bond acceptors (Lipinski definition) is 5. The van der Waals surface area contributed by atoms with Gasteiger partial charge in [-0.25, -0.2) is 8.42 Å². The minimum Gasteiger partial charge on any atom is -0.338 e. The summed E-state index contributed by atoms with van der Waals surface area (Å²) >= 11 is 5.94. The van der Waals surface area contributed by atoms with Crippen molar-refractivity contribution >= 4 is 21.6 Å². The van der Waals surface area contributed by atoms with Crippen molar-refractivity contribution in [2.75, 3.05) is 0 Å². The van der Waals surface area contributed by atoms with Gasteiger partial charge in [0.05, 0.1) is 11.4 Å². The Morgan fingerprint density at radius 2 is 1.71 bits per heavy atom. The minimum absolute atomic E-state index is 0.0551. The first-order valence-electron chi connectivity index (χ1n) is 10.5. The molecule has 4 rings (SSSR count). The molecule has 1 aromatic heterocycles. The first kappa shape index (κ1) is 22.0. The van der Waals surface area contributed by atoms with E-state index in [-0.39, 0.29) is 18.5 Å². The van der Waals surface area contributed by atoms with Crippen LogP contribution < -0.4 is 0 Å². The normalized spacial score (nSPS) is 15.3. The molecule has 0 spiro atoms. The maximum absolute atomic E-state index is 13.5. The van der Waals surface area contributed by atoms with E-state index in [1.807, 2.05) is 12.1 Å². The highest BCUT2D eigenvalue weighted by molar-refractivity contribution is 7.89. The molecule has 3 aromatic rings. The molecule has 1 aliphatic carbocycles. The third kappa shape index (κ3) is 4.84. The van der Waals surface area contributed by atoms with E-state index in [1.165, 1.54) is 4.31 Å². The lowest BCUT2D eigenvalue weighted by Gasteiger charge is -2.26. The van der Waals surface area contributed by atoms with Crippen LogP contribution in [0.25, 0.3) is 11.4 Å². The van der Waals surface area contributed by atoms with Gasteiger partial charge >= 0.3 is 0 Å². The Morgan fingerprint density at radius 3 is 2.32 bits per heavy atom. The summed E-state index contributed by atoms with van der Waals surface area (Å²) in [7, 11) is -3.70. The van der Waals surface area contributed by atoms with E-state index in [0.717, 1.165) is 36.8 Å². The predicted molar refractivity (Wildman–Crippen MR) is 120 cm³/mol. The lowest BCUT2D eigenvalue weighted by Crippen LogP contribution is -2.38. The van der Waals surface area contributed by atoms with Gasteiger partial charge < -0.3 is 4.52 Å². The fourth-order valence-corrected chi connectivity index (χ4v) is 5.69. The largest absolute Gasteiger partial charge is 0.338 e. The third-order valence-electron chi connectivity index (χ3n) is 5.75. The van der Waals surface area contributed by atoms with Crippen LogP contribution in [0.5, 0.6) is 0 Å². The minimum atomic E-state index is -3.70. The average Bonchev–Trinajstić information content (AvgIpc) is 3.45. The van der Waals surface area contributed by atoms with Crippen LogP contribution in [-0.2, 0) is 16.6 Å². The Labute approximate surface area is 188 Å². The van der Waals surface area contributed by atoms with Crippen molar-refractivity contribution in [3.63, 3.8) is 0 Å². The summed E-state index contributed by atoms with van der Waals surface area (Å²) in [6.45, 7) is 4.23. The van der Waals surface area contributed by atoms with Gasteiger partial charge in [0.15, 0.2) is 0 Å². The Bertz CT molecular complexity index is 1120. The molecule has 1 heterocycles. The Morgan fingerprint density at radius 1 is 1.06 bits per heavy atom. The molecule has 1 fully saturated rings. The van der Waals surface area contributed by atoms with E-state index < -0.39 is 10.0 Å². The van der Waals surface area contributed by atoms with E-state index in [2.05, 4.69) is 24.0 Å². The van der Waals surface area contributed by atoms with Crippen LogP contribution in [-0.4, -0.2) is 28.9 Å². The lowest BCUT2D eigenvalue weighted by atomic mass is 10.0. The zero-order chi connectivity index (χ0) is 22.0. The molecule has 0 amide bonds. The first-order chi connectivity index (χ1) is 14.8. The quantitative estimate of drug-likeness (QED) is 0.456. The fraction of sp³-hybridized carbons (Fsp3) is 0.391. The average molecular weight is 460 g/mol. The number of halogens is 1. The van der Waals surface area contributed by atoms with Crippen LogP contribution in [0.15, 0.2) is 57.9 Å². The number of hydrogen-bond donors (Lipinski definition) is 0. The van der Waals surface area contributed by atoms with Crippen molar-refractivity contribution in [1.82, 2.24) is 14.4 Å². The van der Waals surface area contributed by atoms with Crippen LogP contribution in [0.4, 0.5) is 0 Å². The van der Waals surface area contributed by atoms with Gasteiger partial charge in [0.2, 0.25) is 21.7 Å². The van der Waals surface area contributed by atoms with Crippen LogP contribution in [0.2, 0.25) is 5.02 Å². The van der Waals surface area contributed by atoms with E-state index in [0.29, 0.717) is 21.7 Å². The summed E-state index contributed by atoms with van der Waals surface area (Å²) in [5.41, 5.74) is 1.87. The van der Waals surface area contributed by atoms with Crippen molar-refractivity contribution in [2.45, 2.75) is 62.9 Å². The van der Waals surface area contributed by atoms with Gasteiger partial charge in [-0.05, 0) is 60.7 Å². The standard InChI is InChI=1S/C23H26ClN3O3S/c1-16(2)17-9-13-21(14-10-17)31(28,29)27(20-5-3-4-6-20)15-22-25-23(26-30-22)18-7-11-19(24)12-8-18/h7-14,16,20H,3-6,15H2,1-2H3. The second-order valence-electron chi connectivity index (χ2n) is 8.23. The van der Waals surface area contributed by atoms with Gasteiger partial charge in [0.1, 0.15) is 0 Å². The Kier molecular flexibility index (Phi) is 6.46. The predicted octanol–water partition coefficient (Wildman–Crippen LogP) is 5.65. The first-order valence-corrected chi connectivity index (χ1v) is 12.4. The van der Waals surface area contributed by atoms with Crippen molar-refractivity contribution in [3.05, 3.63) is 65.0 Å². The number of nitrogens with zero attached hydrogens (tertiary/aromatic N) is 3. The van der Waals surface area contributed by atoms with Crippen LogP contribution in [0, 0.1) is 0 Å². The highest BCUT2D eigenvalue weighted by Crippen LogP contribution is 2.31. The monoisotopic (exact) mass is 459 g/mol. The van der Waals surface area contributed by atoms with Crippen molar-refractivity contribution < 1.29 is 12.9 Å². The van der Waals surface area contributed by atoms with Crippen LogP contribution in [0.1, 0.15) is 56.9 Å². The zero-order valence-electron chi connectivity index (χ0n) is 17.7. The number of sulfonamides is 1. The maximum Gasteiger partial charge on any atom is 0.243 e. The van der Waals surface area contributed by atoms with Crippen molar-refractivity contribution in [1.29, 1.82) is 0 Å². The van der Waals surface area contributed by atoms with Gasteiger partial charge in [0.25, 0.3) is 0 Å². The summed E-state index contributed by atoms with van der Waals surface area (Å²) in [4.78, 5) is 4.73. The van der Waals surface area contributed by atoms with Gasteiger partial charge in [-0.15, -0.1) is 0 Å². The second kappa shape index (κ2) is 9.10. The summed E-state index contributed by atoms with van der Waals surface area (Å²) in [5, 5.41) is 4.65. The molecule has 0 bridgehead atoms. The number of aromatic nitrogens is 2. The van der Waals surface area contributed by atoms with Gasteiger partial charge in [-0.1, -0.05) is 55.6 Å². The molecule has 0 unspecified atom stereocenters. The van der Waals surface area contributed by atoms with Crippen LogP contribution in [0.3, 0.4) is 0 Å². The molecule has 0 radical (unpaired) electrons. The SMILES string of the molecule is CC(C)c1ccc(S(=O)(=O)N(Cc2nc(-c3ccc(Cl)cc3)no2)C2CCCC2)cc1. The summed E-state index contributed by atoms with van der Waals surface area (Å²) in [6.07, 6.45) is 3.70. The molecule has 0 N–H and O–H groups in total. The third-order valence-corrected chi connectivity index (χ3v) is 7.91. The highest BCUT2D eigenvalue weighted by atomic mass is 35.5. The maximum atomic E-state index is 13.5. The molecule has 31 heavy (non-hydrogen) atoms. The van der Waals surface area contributed by atoms with Crippen LogP contribution >= 0.6 is 11.6 Å². The van der Waals surface area contributed by atoms with Gasteiger partial charge in [0, 0.05) is 16.6 Å². The summed E-state index contributed by atoms with van der Waals surface area (Å²) < 4.78 is 34.0. The molecule has 164 valence electrons. The second-order valence-corrected chi connectivity index (χ2v) is 10.6. The Balaban J connectivity index is 1.62. The van der Waals surface area contributed by atoms with E-state index in [1.54, 1.807) is 36.4 Å². The number of benzene rings is 2. The molecule has 1 saturated carbocycles. The molecule has 1 aliphatic rings. The fourth-order valence-electron chi connectivity index (χ4n) is 3.93. The smallest absolute Gasteiger partial charge is 0.243 e. The van der Waals surface area contributed by atoms with Gasteiger partial charge in [-0.3, -0.25) is 0 Å². The molecular formula is C23H26ClN3O3S. The molecule has 2 aromatic carbocycles. The van der Waals surface area contributed by atoms with E-state index in [9.17, 15) is 8.42 Å². The zero-order valence-corrected chi connectivity index (χ0v) is 19.2. The van der Waals surface area contributed by atoms with E-state index >= 15 is 0 Å². The lowest BCUT2D eigenvalue weighted by molar-refractivity contribution is 0.268. The Hall–Kier alpha value is -2.22. The number of rotatable bonds is 7. The van der Waals surface area contributed by atoms with Gasteiger partial charge in [-0.2, -0.15) is 9.29 Å².